The topological polar surface area (TPSA) is 75.8 Å². The van der Waals surface area contributed by atoms with E-state index in [1.54, 1.807) is 4.90 Å². The number of carbonyl (C=O) groups is 1. The fourth-order valence-electron chi connectivity index (χ4n) is 3.11. The Bertz CT molecular complexity index is 519. The van der Waals surface area contributed by atoms with Gasteiger partial charge in [-0.1, -0.05) is 30.3 Å². The second kappa shape index (κ2) is 6.89. The molecule has 0 spiro atoms. The number of ether oxygens (including phenoxy) is 1. The van der Waals surface area contributed by atoms with Crippen LogP contribution >= 0.6 is 0 Å². The average Bonchev–Trinajstić information content (AvgIpc) is 2.53. The van der Waals surface area contributed by atoms with Crippen LogP contribution in [0.25, 0.3) is 0 Å². The Labute approximate surface area is 138 Å². The maximum Gasteiger partial charge on any atom is 0.410 e. The Balaban J connectivity index is 2.02. The van der Waals surface area contributed by atoms with Crippen LogP contribution in [-0.2, 0) is 10.3 Å². The van der Waals surface area contributed by atoms with Gasteiger partial charge >= 0.3 is 6.09 Å². The van der Waals surface area contributed by atoms with Crippen molar-refractivity contribution in [3.8, 4) is 0 Å². The quantitative estimate of drug-likeness (QED) is 0.897. The summed E-state index contributed by atoms with van der Waals surface area (Å²) in [5, 5.41) is 11.1. The van der Waals surface area contributed by atoms with Crippen molar-refractivity contribution in [3.05, 3.63) is 35.9 Å². The Hall–Kier alpha value is -1.59. The Kier molecular flexibility index (Phi) is 5.32. The van der Waals surface area contributed by atoms with Crippen LogP contribution in [-0.4, -0.2) is 41.3 Å². The zero-order valence-electron chi connectivity index (χ0n) is 14.3. The van der Waals surface area contributed by atoms with Crippen molar-refractivity contribution >= 4 is 6.09 Å². The first-order valence-corrected chi connectivity index (χ1v) is 8.22. The molecule has 1 fully saturated rings. The zero-order chi connectivity index (χ0) is 17.1. The fraction of sp³-hybridized carbons (Fsp3) is 0.611. The Morgan fingerprint density at radius 2 is 1.83 bits per heavy atom. The number of aliphatic hydroxyl groups is 1. The van der Waals surface area contributed by atoms with Gasteiger partial charge in [0.15, 0.2) is 0 Å². The van der Waals surface area contributed by atoms with Crippen molar-refractivity contribution in [1.82, 2.24) is 4.90 Å². The van der Waals surface area contributed by atoms with Gasteiger partial charge in [-0.3, -0.25) is 0 Å². The number of hydrogen-bond donors (Lipinski definition) is 2. The van der Waals surface area contributed by atoms with Crippen molar-refractivity contribution in [2.24, 2.45) is 11.7 Å². The van der Waals surface area contributed by atoms with Crippen LogP contribution in [0, 0.1) is 5.92 Å². The lowest BCUT2D eigenvalue weighted by molar-refractivity contribution is -0.0451. The van der Waals surface area contributed by atoms with E-state index in [9.17, 15) is 9.90 Å². The fourth-order valence-corrected chi connectivity index (χ4v) is 3.11. The molecule has 1 aliphatic rings. The molecule has 0 unspecified atom stereocenters. The first kappa shape index (κ1) is 17.8. The molecule has 1 aromatic rings. The van der Waals surface area contributed by atoms with E-state index in [1.807, 2.05) is 51.1 Å². The van der Waals surface area contributed by atoms with Crippen LogP contribution in [0.2, 0.25) is 0 Å². The molecule has 3 N–H and O–H groups in total. The normalized spacial score (nSPS) is 19.3. The summed E-state index contributed by atoms with van der Waals surface area (Å²) < 4.78 is 5.41. The molecule has 1 heterocycles. The molecule has 2 rings (SSSR count). The molecule has 1 aromatic carbocycles. The molecular weight excluding hydrogens is 292 g/mol. The van der Waals surface area contributed by atoms with Gasteiger partial charge in [-0.25, -0.2) is 4.79 Å². The summed E-state index contributed by atoms with van der Waals surface area (Å²) in [5.41, 5.74) is 5.21. The molecule has 0 aliphatic carbocycles. The molecule has 0 aromatic heterocycles. The minimum Gasteiger partial charge on any atom is -0.444 e. The highest BCUT2D eigenvalue weighted by atomic mass is 16.6. The molecule has 1 saturated heterocycles. The van der Waals surface area contributed by atoms with Crippen LogP contribution < -0.4 is 5.73 Å². The lowest BCUT2D eigenvalue weighted by atomic mass is 9.76. The maximum absolute atomic E-state index is 12.1. The van der Waals surface area contributed by atoms with E-state index >= 15 is 0 Å². The molecule has 1 atom stereocenters. The summed E-state index contributed by atoms with van der Waals surface area (Å²) in [5.74, 6) is 0.0357. The van der Waals surface area contributed by atoms with Gasteiger partial charge in [0.25, 0.3) is 0 Å². The van der Waals surface area contributed by atoms with E-state index in [-0.39, 0.29) is 18.6 Å². The SMILES string of the molecule is CC(C)(C)OC(=O)N1CCC([C@@](O)(CN)c2ccccc2)CC1. The number of benzene rings is 1. The number of nitrogens with two attached hydrogens (primary N) is 1. The van der Waals surface area contributed by atoms with E-state index in [1.165, 1.54) is 0 Å². The summed E-state index contributed by atoms with van der Waals surface area (Å²) in [4.78, 5) is 13.8. The third-order valence-corrected chi connectivity index (χ3v) is 4.41. The largest absolute Gasteiger partial charge is 0.444 e. The molecule has 128 valence electrons. The minimum absolute atomic E-state index is 0.0357. The second-order valence-electron chi connectivity index (χ2n) is 7.24. The molecular formula is C18H28N2O3. The molecule has 23 heavy (non-hydrogen) atoms. The predicted molar refractivity (Wildman–Crippen MR) is 89.9 cm³/mol. The number of carbonyl (C=O) groups excluding carboxylic acids is 1. The summed E-state index contributed by atoms with van der Waals surface area (Å²) in [6.07, 6.45) is 1.14. The number of piperidine rings is 1. The molecule has 1 amide bonds. The lowest BCUT2D eigenvalue weighted by Gasteiger charge is -2.41. The van der Waals surface area contributed by atoms with Gasteiger partial charge in [-0.2, -0.15) is 0 Å². The zero-order valence-corrected chi connectivity index (χ0v) is 14.3. The van der Waals surface area contributed by atoms with Crippen LogP contribution in [0.1, 0.15) is 39.2 Å². The first-order valence-electron chi connectivity index (χ1n) is 8.22. The predicted octanol–water partition coefficient (Wildman–Crippen LogP) is 2.48. The summed E-state index contributed by atoms with van der Waals surface area (Å²) in [6.45, 7) is 6.91. The number of rotatable bonds is 3. The third-order valence-electron chi connectivity index (χ3n) is 4.41. The second-order valence-corrected chi connectivity index (χ2v) is 7.24. The molecule has 5 heteroatoms. The molecule has 1 aliphatic heterocycles. The molecule has 0 saturated carbocycles. The van der Waals surface area contributed by atoms with Crippen molar-refractivity contribution in [1.29, 1.82) is 0 Å². The van der Waals surface area contributed by atoms with Crippen molar-refractivity contribution in [2.75, 3.05) is 19.6 Å². The Morgan fingerprint density at radius 3 is 2.30 bits per heavy atom. The number of nitrogens with zero attached hydrogens (tertiary/aromatic N) is 1. The minimum atomic E-state index is -1.04. The van der Waals surface area contributed by atoms with E-state index < -0.39 is 11.2 Å². The van der Waals surface area contributed by atoms with Gasteiger partial charge < -0.3 is 20.5 Å². The van der Waals surface area contributed by atoms with Crippen LogP contribution in [0.4, 0.5) is 4.79 Å². The lowest BCUT2D eigenvalue weighted by Crippen LogP contribution is -2.49. The molecule has 0 radical (unpaired) electrons. The van der Waals surface area contributed by atoms with Crippen LogP contribution in [0.3, 0.4) is 0 Å². The number of amides is 1. The average molecular weight is 320 g/mol. The monoisotopic (exact) mass is 320 g/mol. The van der Waals surface area contributed by atoms with Gasteiger partial charge in [0.2, 0.25) is 0 Å². The molecule has 5 nitrogen and oxygen atoms in total. The van der Waals surface area contributed by atoms with Gasteiger partial charge in [0.1, 0.15) is 11.2 Å². The summed E-state index contributed by atoms with van der Waals surface area (Å²) >= 11 is 0. The van der Waals surface area contributed by atoms with E-state index in [0.29, 0.717) is 25.9 Å². The smallest absolute Gasteiger partial charge is 0.410 e. The number of hydrogen-bond acceptors (Lipinski definition) is 4. The highest BCUT2D eigenvalue weighted by molar-refractivity contribution is 5.68. The maximum atomic E-state index is 12.1. The van der Waals surface area contributed by atoms with Gasteiger partial charge in [0.05, 0.1) is 0 Å². The Morgan fingerprint density at radius 1 is 1.26 bits per heavy atom. The van der Waals surface area contributed by atoms with Crippen molar-refractivity contribution in [2.45, 2.75) is 44.8 Å². The van der Waals surface area contributed by atoms with Gasteiger partial charge in [-0.15, -0.1) is 0 Å². The van der Waals surface area contributed by atoms with Crippen LogP contribution in [0.5, 0.6) is 0 Å². The van der Waals surface area contributed by atoms with Gasteiger partial charge in [-0.05, 0) is 45.1 Å². The van der Waals surface area contributed by atoms with Crippen molar-refractivity contribution < 1.29 is 14.6 Å². The van der Waals surface area contributed by atoms with E-state index in [0.717, 1.165) is 5.56 Å². The van der Waals surface area contributed by atoms with E-state index in [2.05, 4.69) is 0 Å². The summed E-state index contributed by atoms with van der Waals surface area (Å²) in [7, 11) is 0. The molecule has 0 bridgehead atoms. The van der Waals surface area contributed by atoms with Crippen molar-refractivity contribution in [3.63, 3.8) is 0 Å². The first-order chi connectivity index (χ1) is 10.8. The highest BCUT2D eigenvalue weighted by Crippen LogP contribution is 2.36. The summed E-state index contributed by atoms with van der Waals surface area (Å²) in [6, 6.07) is 9.56. The van der Waals surface area contributed by atoms with E-state index in [4.69, 9.17) is 10.5 Å². The standard InChI is InChI=1S/C18H28N2O3/c1-17(2,3)23-16(21)20-11-9-15(10-12-20)18(22,13-19)14-7-5-4-6-8-14/h4-8,15,22H,9-13,19H2,1-3H3/t18-/m1/s1. The highest BCUT2D eigenvalue weighted by Gasteiger charge is 2.40. The van der Waals surface area contributed by atoms with Gasteiger partial charge in [0, 0.05) is 19.6 Å². The third kappa shape index (κ3) is 4.24. The van der Waals surface area contributed by atoms with Crippen LogP contribution in [0.15, 0.2) is 30.3 Å². The number of likely N-dealkylation sites (tertiary alicyclic amines) is 1.